The van der Waals surface area contributed by atoms with Gasteiger partial charge in [-0.3, -0.25) is 0 Å². The summed E-state index contributed by atoms with van der Waals surface area (Å²) >= 11 is 0. The Kier molecular flexibility index (Phi) is 3.57. The van der Waals surface area contributed by atoms with Crippen LogP contribution in [0.5, 0.6) is 5.75 Å². The van der Waals surface area contributed by atoms with Crippen molar-refractivity contribution in [3.63, 3.8) is 0 Å². The van der Waals surface area contributed by atoms with E-state index in [1.807, 2.05) is 12.1 Å². The molecule has 0 amide bonds. The number of methoxy groups -OCH3 is 1. The largest absolute Gasteiger partial charge is 0.497 e. The average Bonchev–Trinajstić information content (AvgIpc) is 3.21. The summed E-state index contributed by atoms with van der Waals surface area (Å²) in [5.74, 6) is 1.62. The number of rotatable bonds is 6. The normalized spacial score (nSPS) is 18.5. The highest BCUT2D eigenvalue weighted by Gasteiger charge is 2.42. The van der Waals surface area contributed by atoms with Crippen LogP contribution < -0.4 is 15.8 Å². The molecule has 1 fully saturated rings. The first-order valence-corrected chi connectivity index (χ1v) is 6.36. The van der Waals surface area contributed by atoms with Crippen molar-refractivity contribution in [3.05, 3.63) is 24.3 Å². The van der Waals surface area contributed by atoms with E-state index >= 15 is 0 Å². The zero-order valence-electron chi connectivity index (χ0n) is 10.7. The smallest absolute Gasteiger partial charge is 0.119 e. The molecule has 1 atom stereocenters. The summed E-state index contributed by atoms with van der Waals surface area (Å²) < 4.78 is 5.16. The van der Waals surface area contributed by atoms with Crippen molar-refractivity contribution >= 4 is 5.69 Å². The summed E-state index contributed by atoms with van der Waals surface area (Å²) in [6.07, 6.45) is 3.67. The Balaban J connectivity index is 2.11. The number of ether oxygens (including phenoxy) is 1. The average molecular weight is 234 g/mol. The molecule has 3 N–H and O–H groups in total. The first-order valence-electron chi connectivity index (χ1n) is 6.36. The van der Waals surface area contributed by atoms with Crippen LogP contribution in [0.3, 0.4) is 0 Å². The number of nitrogens with two attached hydrogens (primary N) is 1. The van der Waals surface area contributed by atoms with E-state index in [0.717, 1.165) is 23.8 Å². The van der Waals surface area contributed by atoms with E-state index in [2.05, 4.69) is 24.4 Å². The molecule has 1 aliphatic carbocycles. The molecule has 2 rings (SSSR count). The second kappa shape index (κ2) is 4.96. The van der Waals surface area contributed by atoms with Gasteiger partial charge in [0.25, 0.3) is 0 Å². The van der Waals surface area contributed by atoms with Crippen LogP contribution in [-0.4, -0.2) is 19.2 Å². The molecule has 1 aromatic carbocycles. The summed E-state index contributed by atoms with van der Waals surface area (Å²) in [5, 5.41) is 3.62. The Morgan fingerprint density at radius 2 is 2.00 bits per heavy atom. The Morgan fingerprint density at radius 3 is 2.41 bits per heavy atom. The first-order chi connectivity index (χ1) is 8.24. The van der Waals surface area contributed by atoms with E-state index in [9.17, 15) is 0 Å². The SMILES string of the molecule is CCC(CN)(Nc1ccc(OC)cc1)C1CC1. The van der Waals surface area contributed by atoms with Crippen molar-refractivity contribution in [2.75, 3.05) is 19.0 Å². The van der Waals surface area contributed by atoms with Crippen molar-refractivity contribution in [2.45, 2.75) is 31.7 Å². The van der Waals surface area contributed by atoms with Crippen LogP contribution in [0, 0.1) is 5.92 Å². The first kappa shape index (κ1) is 12.2. The highest BCUT2D eigenvalue weighted by molar-refractivity contribution is 5.49. The van der Waals surface area contributed by atoms with Gasteiger partial charge in [0, 0.05) is 12.2 Å². The third kappa shape index (κ3) is 2.55. The van der Waals surface area contributed by atoms with E-state index in [-0.39, 0.29) is 5.54 Å². The van der Waals surface area contributed by atoms with Gasteiger partial charge in [-0.25, -0.2) is 0 Å². The highest BCUT2D eigenvalue weighted by Crippen LogP contribution is 2.43. The summed E-state index contributed by atoms with van der Waals surface area (Å²) in [5.41, 5.74) is 7.18. The van der Waals surface area contributed by atoms with E-state index in [1.54, 1.807) is 7.11 Å². The van der Waals surface area contributed by atoms with E-state index < -0.39 is 0 Å². The van der Waals surface area contributed by atoms with Gasteiger partial charge >= 0.3 is 0 Å². The van der Waals surface area contributed by atoms with Crippen molar-refractivity contribution in [1.82, 2.24) is 0 Å². The minimum Gasteiger partial charge on any atom is -0.497 e. The molecule has 1 aliphatic rings. The number of benzene rings is 1. The standard InChI is InChI=1S/C14H22N2O/c1-3-14(10-15,11-4-5-11)16-12-6-8-13(17-2)9-7-12/h6-9,11,16H,3-5,10,15H2,1-2H3. The van der Waals surface area contributed by atoms with Crippen LogP contribution in [0.1, 0.15) is 26.2 Å². The Morgan fingerprint density at radius 1 is 1.35 bits per heavy atom. The molecule has 0 aromatic heterocycles. The van der Waals surface area contributed by atoms with Gasteiger partial charge in [0.2, 0.25) is 0 Å². The van der Waals surface area contributed by atoms with Gasteiger partial charge in [0.15, 0.2) is 0 Å². The van der Waals surface area contributed by atoms with E-state index in [4.69, 9.17) is 10.5 Å². The molecule has 0 heterocycles. The van der Waals surface area contributed by atoms with Crippen molar-refractivity contribution < 1.29 is 4.74 Å². The second-order valence-corrected chi connectivity index (χ2v) is 4.84. The molecule has 1 saturated carbocycles. The van der Waals surface area contributed by atoms with E-state index in [0.29, 0.717) is 6.54 Å². The van der Waals surface area contributed by atoms with Crippen molar-refractivity contribution in [2.24, 2.45) is 11.7 Å². The Labute approximate surface area is 103 Å². The molecule has 94 valence electrons. The van der Waals surface area contributed by atoms with Crippen LogP contribution in [0.15, 0.2) is 24.3 Å². The lowest BCUT2D eigenvalue weighted by molar-refractivity contribution is 0.403. The zero-order valence-corrected chi connectivity index (χ0v) is 10.7. The number of nitrogens with one attached hydrogen (secondary N) is 1. The molecule has 0 spiro atoms. The van der Waals surface area contributed by atoms with Gasteiger partial charge in [-0.05, 0) is 49.4 Å². The fourth-order valence-corrected chi connectivity index (χ4v) is 2.44. The maximum Gasteiger partial charge on any atom is 0.119 e. The topological polar surface area (TPSA) is 47.3 Å². The van der Waals surface area contributed by atoms with Crippen LogP contribution in [0.25, 0.3) is 0 Å². The molecule has 3 heteroatoms. The maximum atomic E-state index is 5.98. The quantitative estimate of drug-likeness (QED) is 0.795. The third-order valence-electron chi connectivity index (χ3n) is 3.84. The van der Waals surface area contributed by atoms with Gasteiger partial charge in [-0.2, -0.15) is 0 Å². The predicted octanol–water partition coefficient (Wildman–Crippen LogP) is 2.62. The van der Waals surface area contributed by atoms with Gasteiger partial charge in [0.1, 0.15) is 5.75 Å². The summed E-state index contributed by atoms with van der Waals surface area (Å²) in [6.45, 7) is 2.90. The molecule has 3 nitrogen and oxygen atoms in total. The van der Waals surface area contributed by atoms with Crippen LogP contribution >= 0.6 is 0 Å². The molecule has 0 saturated heterocycles. The lowest BCUT2D eigenvalue weighted by Gasteiger charge is -2.34. The molecule has 1 unspecified atom stereocenters. The summed E-state index contributed by atoms with van der Waals surface area (Å²) in [7, 11) is 1.68. The van der Waals surface area contributed by atoms with Crippen LogP contribution in [0.4, 0.5) is 5.69 Å². The Bertz CT molecular complexity index is 353. The third-order valence-corrected chi connectivity index (χ3v) is 3.84. The summed E-state index contributed by atoms with van der Waals surface area (Å²) in [4.78, 5) is 0. The zero-order chi connectivity index (χ0) is 12.3. The van der Waals surface area contributed by atoms with Crippen molar-refractivity contribution in [3.8, 4) is 5.75 Å². The van der Waals surface area contributed by atoms with E-state index in [1.165, 1.54) is 12.8 Å². The number of anilines is 1. The molecule has 0 bridgehead atoms. The molecule has 17 heavy (non-hydrogen) atoms. The van der Waals surface area contributed by atoms with Crippen LogP contribution in [0.2, 0.25) is 0 Å². The molecular weight excluding hydrogens is 212 g/mol. The minimum absolute atomic E-state index is 0.0780. The van der Waals surface area contributed by atoms with Gasteiger partial charge in [-0.1, -0.05) is 6.92 Å². The van der Waals surface area contributed by atoms with Crippen molar-refractivity contribution in [1.29, 1.82) is 0 Å². The fraction of sp³-hybridized carbons (Fsp3) is 0.571. The minimum atomic E-state index is 0.0780. The number of hydrogen-bond acceptors (Lipinski definition) is 3. The summed E-state index contributed by atoms with van der Waals surface area (Å²) in [6, 6.07) is 8.07. The molecule has 0 aliphatic heterocycles. The molecule has 1 aromatic rings. The monoisotopic (exact) mass is 234 g/mol. The lowest BCUT2D eigenvalue weighted by atomic mass is 9.89. The molecule has 0 radical (unpaired) electrons. The van der Waals surface area contributed by atoms with Crippen LogP contribution in [-0.2, 0) is 0 Å². The fourth-order valence-electron chi connectivity index (χ4n) is 2.44. The van der Waals surface area contributed by atoms with Gasteiger partial charge in [-0.15, -0.1) is 0 Å². The Hall–Kier alpha value is -1.22. The highest BCUT2D eigenvalue weighted by atomic mass is 16.5. The maximum absolute atomic E-state index is 5.98. The molecular formula is C14H22N2O. The van der Waals surface area contributed by atoms with Gasteiger partial charge < -0.3 is 15.8 Å². The van der Waals surface area contributed by atoms with Gasteiger partial charge in [0.05, 0.1) is 12.6 Å². The lowest BCUT2D eigenvalue weighted by Crippen LogP contribution is -2.47. The predicted molar refractivity (Wildman–Crippen MR) is 71.4 cm³/mol. The number of hydrogen-bond donors (Lipinski definition) is 2. The second-order valence-electron chi connectivity index (χ2n) is 4.84.